The number of nitrogens with one attached hydrogen (secondary N) is 1. The molecule has 13 heteroatoms. The Kier molecular flexibility index (Phi) is 8.33. The lowest BCUT2D eigenvalue weighted by atomic mass is 10.1. The zero-order valence-electron chi connectivity index (χ0n) is 22.2. The van der Waals surface area contributed by atoms with Gasteiger partial charge in [0, 0.05) is 13.1 Å². The van der Waals surface area contributed by atoms with Gasteiger partial charge in [-0.05, 0) is 56.7 Å². The topological polar surface area (TPSA) is 124 Å². The maximum absolute atomic E-state index is 13.3. The highest BCUT2D eigenvalue weighted by atomic mass is 32.2. The molecule has 2 aromatic rings. The second-order valence-corrected chi connectivity index (χ2v) is 11.9. The van der Waals surface area contributed by atoms with E-state index in [1.54, 1.807) is 32.9 Å². The molecule has 1 atom stereocenters. The molecule has 11 nitrogen and oxygen atoms in total. The molecule has 0 radical (unpaired) electrons. The molecule has 2 saturated heterocycles. The van der Waals surface area contributed by atoms with Crippen LogP contribution in [0, 0.1) is 5.82 Å². The van der Waals surface area contributed by atoms with Crippen LogP contribution in [0.1, 0.15) is 42.8 Å². The number of hydrogen-bond acceptors (Lipinski definition) is 8. The molecule has 0 spiro atoms. The van der Waals surface area contributed by atoms with Crippen molar-refractivity contribution in [2.45, 2.75) is 38.6 Å². The fraction of sp³-hybridized carbons (Fsp3) is 0.462. The van der Waals surface area contributed by atoms with Crippen molar-refractivity contribution in [2.24, 2.45) is 0 Å². The number of anilines is 1. The van der Waals surface area contributed by atoms with Crippen LogP contribution in [0.15, 0.2) is 42.5 Å². The van der Waals surface area contributed by atoms with Crippen LogP contribution in [0.4, 0.5) is 14.9 Å². The monoisotopic (exact) mass is 565 g/mol. The number of esters is 1. The highest BCUT2D eigenvalue weighted by Crippen LogP contribution is 2.29. The molecule has 0 aromatic heterocycles. The highest BCUT2D eigenvalue weighted by molar-refractivity contribution is 7.90. The van der Waals surface area contributed by atoms with Crippen LogP contribution in [0.25, 0.3) is 0 Å². The molecule has 1 unspecified atom stereocenters. The number of likely N-dealkylation sites (tertiary alicyclic amines) is 1. The number of nitrogens with zero attached hydrogens (tertiary/aromatic N) is 2. The Bertz CT molecular complexity index is 1310. The minimum atomic E-state index is -4.09. The maximum atomic E-state index is 13.3. The summed E-state index contributed by atoms with van der Waals surface area (Å²) in [6.45, 7) is 6.21. The van der Waals surface area contributed by atoms with Gasteiger partial charge in [-0.1, -0.05) is 12.1 Å². The summed E-state index contributed by atoms with van der Waals surface area (Å²) in [5, 5.41) is 0. The highest BCUT2D eigenvalue weighted by Gasteiger charge is 2.36. The Hall–Kier alpha value is -3.42. The molecule has 1 amide bonds. The van der Waals surface area contributed by atoms with Crippen molar-refractivity contribution in [3.63, 3.8) is 0 Å². The largest absolute Gasteiger partial charge is 0.487 e. The standard InChI is InChI=1S/C26H32FN3O8S/c1-26(2,3)38-25(32)29-14-20(15-29)37-19-9-10-22(21(13-19)24(31)35-4)28-39(33,34)30-11-12-36-23(16-30)17-5-7-18(27)8-6-17/h5-10,13,20,23,28H,11-12,14-16H2,1-4H3. The van der Waals surface area contributed by atoms with Crippen LogP contribution < -0.4 is 9.46 Å². The van der Waals surface area contributed by atoms with Crippen molar-refractivity contribution in [2.75, 3.05) is 44.6 Å². The Labute approximate surface area is 226 Å². The number of morpholine rings is 1. The average molecular weight is 566 g/mol. The first-order chi connectivity index (χ1) is 18.3. The Balaban J connectivity index is 1.43. The van der Waals surface area contributed by atoms with E-state index in [2.05, 4.69) is 4.72 Å². The van der Waals surface area contributed by atoms with Gasteiger partial charge in [-0.2, -0.15) is 12.7 Å². The molecule has 0 saturated carbocycles. The predicted molar refractivity (Wildman–Crippen MR) is 139 cm³/mol. The number of carbonyl (C=O) groups excluding carboxylic acids is 2. The maximum Gasteiger partial charge on any atom is 0.410 e. The number of hydrogen-bond donors (Lipinski definition) is 1. The molecule has 0 aliphatic carbocycles. The van der Waals surface area contributed by atoms with Gasteiger partial charge in [0.25, 0.3) is 0 Å². The summed E-state index contributed by atoms with van der Waals surface area (Å²) in [5.74, 6) is -0.843. The lowest BCUT2D eigenvalue weighted by Crippen LogP contribution is -2.57. The normalized spacial score (nSPS) is 18.7. The lowest BCUT2D eigenvalue weighted by Gasteiger charge is -2.39. The van der Waals surface area contributed by atoms with Crippen LogP contribution in [0.3, 0.4) is 0 Å². The number of rotatable bonds is 7. The molecule has 39 heavy (non-hydrogen) atoms. The summed E-state index contributed by atoms with van der Waals surface area (Å²) < 4.78 is 65.2. The number of benzene rings is 2. The molecule has 2 fully saturated rings. The van der Waals surface area contributed by atoms with Gasteiger partial charge in [0.15, 0.2) is 0 Å². The zero-order chi connectivity index (χ0) is 28.4. The summed E-state index contributed by atoms with van der Waals surface area (Å²) >= 11 is 0. The number of ether oxygens (including phenoxy) is 4. The molecular weight excluding hydrogens is 533 g/mol. The number of halogens is 1. The van der Waals surface area contributed by atoms with E-state index in [9.17, 15) is 22.4 Å². The first-order valence-electron chi connectivity index (χ1n) is 12.4. The summed E-state index contributed by atoms with van der Waals surface area (Å²) in [4.78, 5) is 26.2. The van der Waals surface area contributed by atoms with Gasteiger partial charge in [0.2, 0.25) is 0 Å². The van der Waals surface area contributed by atoms with E-state index >= 15 is 0 Å². The third-order valence-electron chi connectivity index (χ3n) is 6.05. The minimum absolute atomic E-state index is 0.00550. The van der Waals surface area contributed by atoms with Crippen molar-refractivity contribution in [1.29, 1.82) is 0 Å². The van der Waals surface area contributed by atoms with Crippen molar-refractivity contribution >= 4 is 28.0 Å². The van der Waals surface area contributed by atoms with Gasteiger partial charge in [-0.25, -0.2) is 14.0 Å². The lowest BCUT2D eigenvalue weighted by molar-refractivity contribution is -0.0221. The van der Waals surface area contributed by atoms with E-state index < -0.39 is 39.8 Å². The molecular formula is C26H32FN3O8S. The zero-order valence-corrected chi connectivity index (χ0v) is 23.0. The SMILES string of the molecule is COC(=O)c1cc(OC2CN(C(=O)OC(C)(C)C)C2)ccc1NS(=O)(=O)N1CCOC(c2ccc(F)cc2)C1. The number of methoxy groups -OCH3 is 1. The fourth-order valence-electron chi connectivity index (χ4n) is 4.07. The van der Waals surface area contributed by atoms with E-state index in [1.165, 1.54) is 46.6 Å². The van der Waals surface area contributed by atoms with Gasteiger partial charge in [-0.15, -0.1) is 0 Å². The van der Waals surface area contributed by atoms with Crippen LogP contribution in [0.2, 0.25) is 0 Å². The van der Waals surface area contributed by atoms with Crippen LogP contribution in [-0.2, 0) is 24.4 Å². The van der Waals surface area contributed by atoms with Crippen LogP contribution in [-0.4, -0.2) is 81.3 Å². The second-order valence-electron chi connectivity index (χ2n) is 10.2. The minimum Gasteiger partial charge on any atom is -0.487 e. The Morgan fingerprint density at radius 2 is 1.77 bits per heavy atom. The van der Waals surface area contributed by atoms with Crippen molar-refractivity contribution in [3.8, 4) is 5.75 Å². The molecule has 2 aliphatic heterocycles. The van der Waals surface area contributed by atoms with Crippen molar-refractivity contribution < 1.29 is 41.3 Å². The summed E-state index contributed by atoms with van der Waals surface area (Å²) in [6.07, 6.45) is -1.33. The Morgan fingerprint density at radius 3 is 2.41 bits per heavy atom. The fourth-order valence-corrected chi connectivity index (χ4v) is 5.30. The van der Waals surface area contributed by atoms with E-state index in [1.807, 2.05) is 0 Å². The van der Waals surface area contributed by atoms with E-state index in [0.717, 1.165) is 0 Å². The molecule has 0 bridgehead atoms. The summed E-state index contributed by atoms with van der Waals surface area (Å²) in [6, 6.07) is 10.0. The quantitative estimate of drug-likeness (QED) is 0.507. The summed E-state index contributed by atoms with van der Waals surface area (Å²) in [5.41, 5.74) is 0.0209. The number of amides is 1. The second kappa shape index (κ2) is 11.4. The number of carbonyl (C=O) groups is 2. The molecule has 2 aromatic carbocycles. The first kappa shape index (κ1) is 28.6. The van der Waals surface area contributed by atoms with E-state index in [-0.39, 0.29) is 37.1 Å². The van der Waals surface area contributed by atoms with Crippen LogP contribution in [0.5, 0.6) is 5.75 Å². The van der Waals surface area contributed by atoms with E-state index in [4.69, 9.17) is 18.9 Å². The first-order valence-corrected chi connectivity index (χ1v) is 13.8. The van der Waals surface area contributed by atoms with Gasteiger partial charge < -0.3 is 23.8 Å². The molecule has 2 heterocycles. The predicted octanol–water partition coefficient (Wildman–Crippen LogP) is 3.34. The Morgan fingerprint density at radius 1 is 1.08 bits per heavy atom. The van der Waals surface area contributed by atoms with E-state index in [0.29, 0.717) is 24.4 Å². The molecule has 2 aliphatic rings. The van der Waals surface area contributed by atoms with Gasteiger partial charge in [-0.3, -0.25) is 4.72 Å². The molecule has 4 rings (SSSR count). The third-order valence-corrected chi connectivity index (χ3v) is 7.54. The van der Waals surface area contributed by atoms with Crippen molar-refractivity contribution in [3.05, 3.63) is 59.4 Å². The third kappa shape index (κ3) is 7.16. The molecule has 212 valence electrons. The van der Waals surface area contributed by atoms with Gasteiger partial charge >= 0.3 is 22.3 Å². The smallest absolute Gasteiger partial charge is 0.410 e. The average Bonchev–Trinajstić information content (AvgIpc) is 2.85. The van der Waals surface area contributed by atoms with Gasteiger partial charge in [0.1, 0.15) is 23.3 Å². The molecule has 1 N–H and O–H groups in total. The summed E-state index contributed by atoms with van der Waals surface area (Å²) in [7, 11) is -2.90. The van der Waals surface area contributed by atoms with Crippen molar-refractivity contribution in [1.82, 2.24) is 9.21 Å². The van der Waals surface area contributed by atoms with Crippen LogP contribution >= 0.6 is 0 Å². The van der Waals surface area contributed by atoms with Gasteiger partial charge in [0.05, 0.1) is 44.2 Å².